The van der Waals surface area contributed by atoms with Crippen molar-refractivity contribution >= 4 is 22.0 Å². The molecule has 1 fully saturated rings. The van der Waals surface area contributed by atoms with Gasteiger partial charge in [0.25, 0.3) is 0 Å². The first-order valence-electron chi connectivity index (χ1n) is 8.95. The number of sulfonamides is 1. The Bertz CT molecular complexity index is 559. The van der Waals surface area contributed by atoms with Crippen LogP contribution in [0.1, 0.15) is 26.2 Å². The highest BCUT2D eigenvalue weighted by Gasteiger charge is 2.33. The summed E-state index contributed by atoms with van der Waals surface area (Å²) in [7, 11) is 0.386. The van der Waals surface area contributed by atoms with Gasteiger partial charge in [-0.3, -0.25) is 4.79 Å². The molecule has 0 aromatic carbocycles. The van der Waals surface area contributed by atoms with E-state index in [1.54, 1.807) is 11.8 Å². The maximum Gasteiger partial charge on any atom is 0.409 e. The molecule has 10 heteroatoms. The van der Waals surface area contributed by atoms with Crippen LogP contribution >= 0.6 is 0 Å². The lowest BCUT2D eigenvalue weighted by Crippen LogP contribution is -2.51. The molecule has 26 heavy (non-hydrogen) atoms. The number of hydrogen-bond acceptors (Lipinski definition) is 6. The van der Waals surface area contributed by atoms with Crippen molar-refractivity contribution in [3.05, 3.63) is 0 Å². The van der Waals surface area contributed by atoms with Gasteiger partial charge in [0.2, 0.25) is 15.9 Å². The topological polar surface area (TPSA) is 99.3 Å². The zero-order chi connectivity index (χ0) is 19.7. The van der Waals surface area contributed by atoms with Crippen molar-refractivity contribution in [3.63, 3.8) is 0 Å². The first-order chi connectivity index (χ1) is 12.1. The third-order valence-electron chi connectivity index (χ3n) is 4.23. The van der Waals surface area contributed by atoms with Crippen LogP contribution in [0, 0.1) is 0 Å². The number of carbonyl (C=O) groups excluding carboxylic acids is 2. The van der Waals surface area contributed by atoms with Gasteiger partial charge in [-0.1, -0.05) is 0 Å². The Kier molecular flexibility index (Phi) is 9.31. The fourth-order valence-corrected chi connectivity index (χ4v) is 3.99. The molecule has 0 spiro atoms. The number of ether oxygens (including phenoxy) is 1. The lowest BCUT2D eigenvalue weighted by atomic mass is 10.1. The van der Waals surface area contributed by atoms with Crippen LogP contribution in [-0.2, 0) is 19.6 Å². The molecule has 0 aromatic heterocycles. The molecule has 0 aromatic rings. The monoisotopic (exact) mass is 392 g/mol. The maximum atomic E-state index is 12.1. The summed E-state index contributed by atoms with van der Waals surface area (Å²) < 4.78 is 30.5. The van der Waals surface area contributed by atoms with Gasteiger partial charge < -0.3 is 19.9 Å². The van der Waals surface area contributed by atoms with E-state index in [0.29, 0.717) is 39.1 Å². The molecule has 1 aliphatic heterocycles. The number of nitrogens with one attached hydrogen (secondary N) is 1. The first-order valence-corrected chi connectivity index (χ1v) is 10.8. The largest absolute Gasteiger partial charge is 0.450 e. The minimum Gasteiger partial charge on any atom is -0.450 e. The van der Waals surface area contributed by atoms with E-state index in [2.05, 4.69) is 5.32 Å². The second-order valence-corrected chi connectivity index (χ2v) is 8.67. The van der Waals surface area contributed by atoms with E-state index in [1.165, 1.54) is 4.31 Å². The maximum absolute atomic E-state index is 12.1. The third-order valence-corrected chi connectivity index (χ3v) is 5.51. The SMILES string of the molecule is CCOC(=O)N1CCC(N(CC(=O)NCCCN(C)C)S(C)(=O)=O)CC1. The molecule has 0 unspecified atom stereocenters. The molecular formula is C16H32N4O5S. The van der Waals surface area contributed by atoms with Crippen LogP contribution < -0.4 is 5.32 Å². The molecule has 1 N–H and O–H groups in total. The summed E-state index contributed by atoms with van der Waals surface area (Å²) in [6.45, 7) is 4.05. The Morgan fingerprint density at radius 3 is 2.35 bits per heavy atom. The van der Waals surface area contributed by atoms with Crippen LogP contribution in [0.4, 0.5) is 4.79 Å². The summed E-state index contributed by atoms with van der Waals surface area (Å²) in [6, 6.07) is -0.289. The summed E-state index contributed by atoms with van der Waals surface area (Å²) in [4.78, 5) is 27.5. The molecular weight excluding hydrogens is 360 g/mol. The van der Waals surface area contributed by atoms with Gasteiger partial charge in [0.05, 0.1) is 19.4 Å². The van der Waals surface area contributed by atoms with Crippen LogP contribution in [0.5, 0.6) is 0 Å². The molecule has 0 bridgehead atoms. The molecule has 152 valence electrons. The van der Waals surface area contributed by atoms with Crippen LogP contribution in [0.3, 0.4) is 0 Å². The smallest absolute Gasteiger partial charge is 0.409 e. The highest BCUT2D eigenvalue weighted by Crippen LogP contribution is 2.19. The lowest BCUT2D eigenvalue weighted by Gasteiger charge is -2.36. The van der Waals surface area contributed by atoms with Crippen molar-refractivity contribution in [1.29, 1.82) is 0 Å². The number of carbonyl (C=O) groups is 2. The Morgan fingerprint density at radius 2 is 1.85 bits per heavy atom. The van der Waals surface area contributed by atoms with Crippen LogP contribution in [0.25, 0.3) is 0 Å². The number of rotatable bonds is 9. The quantitative estimate of drug-likeness (QED) is 0.552. The van der Waals surface area contributed by atoms with Crippen molar-refractivity contribution in [2.45, 2.75) is 32.2 Å². The van der Waals surface area contributed by atoms with E-state index in [4.69, 9.17) is 4.74 Å². The average Bonchev–Trinajstić information content (AvgIpc) is 2.56. The highest BCUT2D eigenvalue weighted by molar-refractivity contribution is 7.88. The Morgan fingerprint density at radius 1 is 1.23 bits per heavy atom. The van der Waals surface area contributed by atoms with Crippen LogP contribution in [0.15, 0.2) is 0 Å². The first kappa shape index (κ1) is 22.7. The van der Waals surface area contributed by atoms with Gasteiger partial charge >= 0.3 is 6.09 Å². The van der Waals surface area contributed by atoms with Gasteiger partial charge in [0.1, 0.15) is 0 Å². The molecule has 1 saturated heterocycles. The van der Waals surface area contributed by atoms with Gasteiger partial charge in [-0.05, 0) is 46.8 Å². The predicted octanol–water partition coefficient (Wildman–Crippen LogP) is -0.0632. The van der Waals surface area contributed by atoms with E-state index in [9.17, 15) is 18.0 Å². The Hall–Kier alpha value is -1.39. The summed E-state index contributed by atoms with van der Waals surface area (Å²) in [5.74, 6) is -0.304. The van der Waals surface area contributed by atoms with Crippen LogP contribution in [0.2, 0.25) is 0 Å². The summed E-state index contributed by atoms with van der Waals surface area (Å²) >= 11 is 0. The van der Waals surface area contributed by atoms with Gasteiger partial charge in [-0.2, -0.15) is 4.31 Å². The third kappa shape index (κ3) is 7.88. The van der Waals surface area contributed by atoms with Gasteiger partial charge in [0, 0.05) is 25.7 Å². The molecule has 1 heterocycles. The number of likely N-dealkylation sites (tertiary alicyclic amines) is 1. The number of hydrogen-bond donors (Lipinski definition) is 1. The molecule has 1 aliphatic rings. The normalized spacial score (nSPS) is 16.2. The predicted molar refractivity (Wildman–Crippen MR) is 99.3 cm³/mol. The van der Waals surface area contributed by atoms with E-state index in [1.807, 2.05) is 19.0 Å². The van der Waals surface area contributed by atoms with Crippen molar-refractivity contribution < 1.29 is 22.7 Å². The molecule has 0 atom stereocenters. The number of amides is 2. The molecule has 2 amide bonds. The summed E-state index contributed by atoms with van der Waals surface area (Å²) in [5, 5.41) is 2.77. The summed E-state index contributed by atoms with van der Waals surface area (Å²) in [6.07, 6.45) is 2.51. The van der Waals surface area contributed by atoms with Crippen molar-refractivity contribution in [1.82, 2.24) is 19.4 Å². The zero-order valence-corrected chi connectivity index (χ0v) is 17.0. The second kappa shape index (κ2) is 10.7. The van der Waals surface area contributed by atoms with Crippen molar-refractivity contribution in [2.75, 3.05) is 59.7 Å². The zero-order valence-electron chi connectivity index (χ0n) is 16.2. The fourth-order valence-electron chi connectivity index (χ4n) is 2.89. The van der Waals surface area contributed by atoms with E-state index in [-0.39, 0.29) is 24.6 Å². The van der Waals surface area contributed by atoms with Crippen molar-refractivity contribution in [3.8, 4) is 0 Å². The van der Waals surface area contributed by atoms with E-state index < -0.39 is 10.0 Å². The minimum atomic E-state index is -3.52. The van der Waals surface area contributed by atoms with Crippen molar-refractivity contribution in [2.24, 2.45) is 0 Å². The van der Waals surface area contributed by atoms with Gasteiger partial charge in [-0.15, -0.1) is 0 Å². The van der Waals surface area contributed by atoms with Gasteiger partial charge in [0.15, 0.2) is 0 Å². The lowest BCUT2D eigenvalue weighted by molar-refractivity contribution is -0.121. The van der Waals surface area contributed by atoms with E-state index >= 15 is 0 Å². The van der Waals surface area contributed by atoms with Crippen LogP contribution in [-0.4, -0.2) is 100 Å². The molecule has 0 aliphatic carbocycles. The Balaban J connectivity index is 2.55. The molecule has 0 radical (unpaired) electrons. The van der Waals surface area contributed by atoms with Gasteiger partial charge in [-0.25, -0.2) is 13.2 Å². The Labute approximate surface area is 156 Å². The number of piperidine rings is 1. The molecule has 1 rings (SSSR count). The highest BCUT2D eigenvalue weighted by atomic mass is 32.2. The van der Waals surface area contributed by atoms with E-state index in [0.717, 1.165) is 19.2 Å². The standard InChI is InChI=1S/C16H32N4O5S/c1-5-25-16(22)19-11-7-14(8-12-19)20(26(4,23)24)13-15(21)17-9-6-10-18(2)3/h14H,5-13H2,1-4H3,(H,17,21). The molecule has 9 nitrogen and oxygen atoms in total. The minimum absolute atomic E-state index is 0.190. The summed E-state index contributed by atoms with van der Waals surface area (Å²) in [5.41, 5.74) is 0. The average molecular weight is 393 g/mol. The molecule has 0 saturated carbocycles. The fraction of sp³-hybridized carbons (Fsp3) is 0.875. The number of nitrogens with zero attached hydrogens (tertiary/aromatic N) is 3. The second-order valence-electron chi connectivity index (χ2n) is 6.73.